The maximum atomic E-state index is 13.4. The first-order valence-corrected chi connectivity index (χ1v) is 9.44. The molecule has 8 nitrogen and oxygen atoms in total. The molecule has 4 rings (SSSR count). The van der Waals surface area contributed by atoms with E-state index in [0.717, 1.165) is 4.90 Å². The van der Waals surface area contributed by atoms with Crippen LogP contribution in [0.4, 0.5) is 21.5 Å². The number of para-hydroxylation sites is 2. The van der Waals surface area contributed by atoms with Crippen molar-refractivity contribution < 1.29 is 23.6 Å². The van der Waals surface area contributed by atoms with Gasteiger partial charge in [0, 0.05) is 17.8 Å². The number of imide groups is 1. The first-order chi connectivity index (χ1) is 15.4. The number of nitro benzene ring substituents is 1. The highest BCUT2D eigenvalue weighted by molar-refractivity contribution is 6.46. The Morgan fingerprint density at radius 3 is 2.22 bits per heavy atom. The van der Waals surface area contributed by atoms with E-state index in [4.69, 9.17) is 4.74 Å². The summed E-state index contributed by atoms with van der Waals surface area (Å²) in [5.41, 5.74) is 0.794. The molecule has 0 saturated carbocycles. The molecule has 1 aliphatic heterocycles. The Morgan fingerprint density at radius 2 is 1.59 bits per heavy atom. The van der Waals surface area contributed by atoms with Crippen molar-refractivity contribution in [3.8, 4) is 5.75 Å². The van der Waals surface area contributed by atoms with Crippen LogP contribution < -0.4 is 15.0 Å². The molecule has 0 spiro atoms. The Bertz CT molecular complexity index is 1250. The number of non-ortho nitro benzene ring substituents is 1. The quantitative estimate of drug-likeness (QED) is 0.356. The highest BCUT2D eigenvalue weighted by Gasteiger charge is 2.41. The molecule has 9 heteroatoms. The predicted octanol–water partition coefficient (Wildman–Crippen LogP) is 4.14. The van der Waals surface area contributed by atoms with Crippen molar-refractivity contribution >= 4 is 34.4 Å². The summed E-state index contributed by atoms with van der Waals surface area (Å²) in [5.74, 6) is -1.40. The minimum absolute atomic E-state index is 0.0279. The van der Waals surface area contributed by atoms with Crippen LogP contribution in [-0.4, -0.2) is 23.8 Å². The van der Waals surface area contributed by atoms with Crippen LogP contribution in [0, 0.1) is 15.9 Å². The van der Waals surface area contributed by atoms with Gasteiger partial charge >= 0.3 is 0 Å². The van der Waals surface area contributed by atoms with E-state index in [0.29, 0.717) is 17.0 Å². The van der Waals surface area contributed by atoms with Gasteiger partial charge < -0.3 is 10.1 Å². The van der Waals surface area contributed by atoms with Crippen LogP contribution in [0.1, 0.15) is 5.56 Å². The lowest BCUT2D eigenvalue weighted by Crippen LogP contribution is -2.32. The summed E-state index contributed by atoms with van der Waals surface area (Å²) in [4.78, 5) is 38.2. The number of methoxy groups -OCH3 is 1. The molecule has 0 aliphatic carbocycles. The molecule has 0 saturated heterocycles. The van der Waals surface area contributed by atoms with Crippen molar-refractivity contribution in [2.75, 3.05) is 17.3 Å². The van der Waals surface area contributed by atoms with Gasteiger partial charge in [-0.15, -0.1) is 0 Å². The van der Waals surface area contributed by atoms with Gasteiger partial charge in [0.25, 0.3) is 17.5 Å². The Hall–Kier alpha value is -4.53. The number of anilines is 2. The summed E-state index contributed by atoms with van der Waals surface area (Å²) in [6.45, 7) is 0. The maximum Gasteiger partial charge on any atom is 0.282 e. The number of carbonyl (C=O) groups excluding carboxylic acids is 2. The molecule has 0 atom stereocenters. The molecular weight excluding hydrogens is 417 g/mol. The van der Waals surface area contributed by atoms with Crippen molar-refractivity contribution in [3.63, 3.8) is 0 Å². The van der Waals surface area contributed by atoms with Crippen LogP contribution in [0.3, 0.4) is 0 Å². The van der Waals surface area contributed by atoms with Gasteiger partial charge in [0.2, 0.25) is 0 Å². The van der Waals surface area contributed by atoms with E-state index >= 15 is 0 Å². The Kier molecular flexibility index (Phi) is 5.38. The fraction of sp³-hybridized carbons (Fsp3) is 0.0435. The summed E-state index contributed by atoms with van der Waals surface area (Å²) in [6, 6.07) is 17.1. The minimum atomic E-state index is -0.642. The van der Waals surface area contributed by atoms with Crippen LogP contribution in [0.25, 0.3) is 5.57 Å². The van der Waals surface area contributed by atoms with Crippen molar-refractivity contribution in [3.05, 3.63) is 100.0 Å². The molecule has 3 aromatic carbocycles. The van der Waals surface area contributed by atoms with Crippen molar-refractivity contribution in [1.29, 1.82) is 0 Å². The number of hydrogen-bond donors (Lipinski definition) is 1. The molecule has 32 heavy (non-hydrogen) atoms. The Morgan fingerprint density at radius 1 is 0.938 bits per heavy atom. The molecule has 3 aromatic rings. The maximum absolute atomic E-state index is 13.4. The lowest BCUT2D eigenvalue weighted by atomic mass is 10.0. The second-order valence-electron chi connectivity index (χ2n) is 6.80. The summed E-state index contributed by atoms with van der Waals surface area (Å²) >= 11 is 0. The zero-order valence-corrected chi connectivity index (χ0v) is 16.7. The van der Waals surface area contributed by atoms with E-state index in [2.05, 4.69) is 5.32 Å². The zero-order chi connectivity index (χ0) is 22.8. The highest BCUT2D eigenvalue weighted by Crippen LogP contribution is 2.38. The van der Waals surface area contributed by atoms with Crippen LogP contribution in [0.2, 0.25) is 0 Å². The average Bonchev–Trinajstić information content (AvgIpc) is 3.04. The van der Waals surface area contributed by atoms with Crippen molar-refractivity contribution in [2.24, 2.45) is 0 Å². The normalized spacial score (nSPS) is 13.5. The van der Waals surface area contributed by atoms with E-state index in [1.54, 1.807) is 24.3 Å². The number of nitrogens with one attached hydrogen (secondary N) is 1. The molecule has 160 valence electrons. The van der Waals surface area contributed by atoms with Crippen molar-refractivity contribution in [2.45, 2.75) is 0 Å². The molecule has 2 amide bonds. The minimum Gasteiger partial charge on any atom is -0.495 e. The van der Waals surface area contributed by atoms with E-state index in [9.17, 15) is 24.1 Å². The van der Waals surface area contributed by atoms with E-state index in [1.807, 2.05) is 0 Å². The molecule has 0 aromatic heterocycles. The third kappa shape index (κ3) is 3.67. The van der Waals surface area contributed by atoms with Gasteiger partial charge in [-0.1, -0.05) is 12.1 Å². The summed E-state index contributed by atoms with van der Waals surface area (Å²) in [7, 11) is 1.42. The van der Waals surface area contributed by atoms with Gasteiger partial charge in [0.1, 0.15) is 17.3 Å². The monoisotopic (exact) mass is 433 g/mol. The average molecular weight is 433 g/mol. The summed E-state index contributed by atoms with van der Waals surface area (Å²) in [5, 5.41) is 13.9. The second kappa shape index (κ2) is 8.31. The summed E-state index contributed by atoms with van der Waals surface area (Å²) < 4.78 is 18.6. The number of nitro groups is 1. The first-order valence-electron chi connectivity index (χ1n) is 9.44. The third-order valence-electron chi connectivity index (χ3n) is 4.89. The van der Waals surface area contributed by atoms with Gasteiger partial charge in [0.15, 0.2) is 0 Å². The standard InChI is InChI=1S/C23H16FN3O5/c1-32-19-5-3-2-4-18(19)26-22(28)20(14-6-12-17(13-7-14)27(30)31)21(23(26)29)25-16-10-8-15(24)9-11-16/h2-13,25H,1H3. The number of benzene rings is 3. The zero-order valence-electron chi connectivity index (χ0n) is 16.7. The second-order valence-corrected chi connectivity index (χ2v) is 6.80. The fourth-order valence-corrected chi connectivity index (χ4v) is 3.37. The van der Waals surface area contributed by atoms with Gasteiger partial charge in [-0.3, -0.25) is 19.7 Å². The van der Waals surface area contributed by atoms with Crippen LogP contribution >= 0.6 is 0 Å². The van der Waals surface area contributed by atoms with Gasteiger partial charge in [-0.05, 0) is 54.1 Å². The number of halogens is 1. The molecule has 0 bridgehead atoms. The van der Waals surface area contributed by atoms with Crippen molar-refractivity contribution in [1.82, 2.24) is 0 Å². The first kappa shape index (κ1) is 20.7. The lowest BCUT2D eigenvalue weighted by molar-refractivity contribution is -0.384. The topological polar surface area (TPSA) is 102 Å². The lowest BCUT2D eigenvalue weighted by Gasteiger charge is -2.18. The van der Waals surface area contributed by atoms with Crippen LogP contribution in [0.5, 0.6) is 5.75 Å². The number of amides is 2. The van der Waals surface area contributed by atoms with E-state index in [-0.39, 0.29) is 22.6 Å². The molecule has 1 N–H and O–H groups in total. The molecule has 1 heterocycles. The van der Waals surface area contributed by atoms with E-state index < -0.39 is 22.6 Å². The molecule has 0 fully saturated rings. The third-order valence-corrected chi connectivity index (χ3v) is 4.89. The molecule has 0 unspecified atom stereocenters. The smallest absolute Gasteiger partial charge is 0.282 e. The summed E-state index contributed by atoms with van der Waals surface area (Å²) in [6.07, 6.45) is 0. The highest BCUT2D eigenvalue weighted by atomic mass is 19.1. The number of rotatable bonds is 6. The molecular formula is C23H16FN3O5. The van der Waals surface area contributed by atoms with Crippen LogP contribution in [0.15, 0.2) is 78.5 Å². The number of hydrogen-bond acceptors (Lipinski definition) is 6. The predicted molar refractivity (Wildman–Crippen MR) is 116 cm³/mol. The Balaban J connectivity index is 1.83. The number of ether oxygens (including phenoxy) is 1. The fourth-order valence-electron chi connectivity index (χ4n) is 3.37. The number of nitrogens with zero attached hydrogens (tertiary/aromatic N) is 2. The van der Waals surface area contributed by atoms with Gasteiger partial charge in [0.05, 0.1) is 23.3 Å². The van der Waals surface area contributed by atoms with E-state index in [1.165, 1.54) is 55.6 Å². The molecule has 0 radical (unpaired) electrons. The van der Waals surface area contributed by atoms with Gasteiger partial charge in [-0.25, -0.2) is 9.29 Å². The SMILES string of the molecule is COc1ccccc1N1C(=O)C(Nc2ccc(F)cc2)=C(c2ccc([N+](=O)[O-])cc2)C1=O. The Labute approximate surface area is 181 Å². The van der Waals surface area contributed by atoms with Gasteiger partial charge in [-0.2, -0.15) is 0 Å². The number of carbonyl (C=O) groups is 2. The largest absolute Gasteiger partial charge is 0.495 e. The van der Waals surface area contributed by atoms with Crippen LogP contribution in [-0.2, 0) is 9.59 Å². The molecule has 1 aliphatic rings.